The number of allylic oxidation sites excluding steroid dienone is 8. The van der Waals surface area contributed by atoms with Crippen LogP contribution < -0.4 is 10.2 Å². The lowest BCUT2D eigenvalue weighted by Gasteiger charge is -2.30. The fraction of sp³-hybridized carbons (Fsp3) is 0.862. The van der Waals surface area contributed by atoms with Gasteiger partial charge in [-0.1, -0.05) is 300 Å². The molecule has 0 bridgehead atoms. The molecule has 0 spiro atoms. The number of rotatable bonds is 59. The smallest absolute Gasteiger partial charge is 0.268 e. The van der Waals surface area contributed by atoms with Gasteiger partial charge in [-0.25, -0.2) is 0 Å². The maximum Gasteiger partial charge on any atom is 0.268 e. The molecule has 0 aliphatic heterocycles. The van der Waals surface area contributed by atoms with Crippen LogP contribution >= 0.6 is 7.82 Å². The highest BCUT2D eigenvalue weighted by Crippen LogP contribution is 2.38. The summed E-state index contributed by atoms with van der Waals surface area (Å²) >= 11 is 0. The monoisotopic (exact) mass is 1060 g/mol. The number of phosphoric acid groups is 1. The largest absolute Gasteiger partial charge is 0.756 e. The Balaban J connectivity index is 4.08. The van der Waals surface area contributed by atoms with Gasteiger partial charge in [0.2, 0.25) is 5.91 Å². The highest BCUT2D eigenvalue weighted by molar-refractivity contribution is 7.45. The lowest BCUT2D eigenvalue weighted by Crippen LogP contribution is -2.46. The first kappa shape index (κ1) is 72.5. The Hall–Kier alpha value is -1.54. The average Bonchev–Trinajstić information content (AvgIpc) is 3.36. The van der Waals surface area contributed by atoms with E-state index < -0.39 is 20.0 Å². The molecule has 9 heteroatoms. The van der Waals surface area contributed by atoms with E-state index in [0.717, 1.165) is 64.2 Å². The Morgan fingerprint density at radius 2 is 0.824 bits per heavy atom. The molecule has 0 saturated carbocycles. The molecular formula is C65H125N2O6P. The number of hydrogen-bond acceptors (Lipinski definition) is 6. The van der Waals surface area contributed by atoms with E-state index in [1.807, 2.05) is 21.1 Å². The standard InChI is InChI=1S/C65H125N2O6P/c1-6-8-10-12-14-16-18-20-22-24-26-28-30-31-32-33-34-35-37-38-40-42-44-46-48-50-52-54-56-58-64(68)63(62-73-74(70,71)72-61-60-67(3,4)5)66-65(69)59-57-55-53-51-49-47-45-43-41-39-36-29-27-25-23-21-19-17-15-13-11-9-7-2/h9,11,15,17,21,23,27,29,63-64,68H,6-8,10,12-14,16,18-20,22,24-26,28,30-62H2,1-5H3,(H-,66,69,70,71)/b11-9-,17-15-,23-21-,29-27-. The van der Waals surface area contributed by atoms with E-state index in [1.54, 1.807) is 0 Å². The number of amides is 1. The summed E-state index contributed by atoms with van der Waals surface area (Å²) < 4.78 is 23.5. The molecule has 0 aliphatic carbocycles. The van der Waals surface area contributed by atoms with Gasteiger partial charge < -0.3 is 28.8 Å². The van der Waals surface area contributed by atoms with Crippen molar-refractivity contribution in [2.75, 3.05) is 40.9 Å². The third-order valence-electron chi connectivity index (χ3n) is 14.6. The molecule has 0 aromatic carbocycles. The van der Waals surface area contributed by atoms with Crippen LogP contribution in [0.4, 0.5) is 0 Å². The summed E-state index contributed by atoms with van der Waals surface area (Å²) in [5.74, 6) is -0.166. The molecule has 3 atom stereocenters. The number of likely N-dealkylation sites (N-methyl/N-ethyl adjacent to an activating group) is 1. The Morgan fingerprint density at radius 3 is 1.20 bits per heavy atom. The van der Waals surface area contributed by atoms with E-state index in [4.69, 9.17) is 9.05 Å². The molecule has 0 aliphatic rings. The number of hydrogen-bond donors (Lipinski definition) is 2. The minimum atomic E-state index is -4.58. The highest BCUT2D eigenvalue weighted by atomic mass is 31.2. The zero-order valence-corrected chi connectivity index (χ0v) is 50.7. The normalized spacial score (nSPS) is 14.1. The van der Waals surface area contributed by atoms with Gasteiger partial charge in [-0.2, -0.15) is 0 Å². The summed E-state index contributed by atoms with van der Waals surface area (Å²) in [4.78, 5) is 25.6. The fourth-order valence-corrected chi connectivity index (χ4v) is 10.3. The number of carbonyl (C=O) groups excluding carboxylic acids is 1. The topological polar surface area (TPSA) is 108 Å². The second-order valence-electron chi connectivity index (χ2n) is 23.1. The fourth-order valence-electron chi connectivity index (χ4n) is 9.62. The van der Waals surface area contributed by atoms with Crippen LogP contribution in [0.1, 0.15) is 309 Å². The van der Waals surface area contributed by atoms with E-state index in [0.29, 0.717) is 23.9 Å². The molecule has 1 amide bonds. The van der Waals surface area contributed by atoms with Crippen molar-refractivity contribution >= 4 is 13.7 Å². The molecule has 8 nitrogen and oxygen atoms in total. The van der Waals surface area contributed by atoms with Crippen molar-refractivity contribution in [3.8, 4) is 0 Å². The number of aliphatic hydroxyl groups is 1. The summed E-state index contributed by atoms with van der Waals surface area (Å²) in [5.41, 5.74) is 0. The molecular weight excluding hydrogens is 936 g/mol. The molecule has 0 aromatic rings. The van der Waals surface area contributed by atoms with Gasteiger partial charge in [0.1, 0.15) is 13.2 Å². The Bertz CT molecular complexity index is 1340. The van der Waals surface area contributed by atoms with Crippen LogP contribution in [0.3, 0.4) is 0 Å². The van der Waals surface area contributed by atoms with E-state index in [-0.39, 0.29) is 19.1 Å². The zero-order valence-electron chi connectivity index (χ0n) is 49.8. The van der Waals surface area contributed by atoms with Gasteiger partial charge in [0.05, 0.1) is 39.9 Å². The number of nitrogens with one attached hydrogen (secondary N) is 1. The van der Waals surface area contributed by atoms with Gasteiger partial charge in [0.15, 0.2) is 0 Å². The molecule has 3 unspecified atom stereocenters. The van der Waals surface area contributed by atoms with Crippen molar-refractivity contribution in [1.29, 1.82) is 0 Å². The molecule has 436 valence electrons. The second kappa shape index (κ2) is 56.2. The summed E-state index contributed by atoms with van der Waals surface area (Å²) in [6.07, 6.45) is 74.5. The van der Waals surface area contributed by atoms with Gasteiger partial charge in [-0.15, -0.1) is 0 Å². The summed E-state index contributed by atoms with van der Waals surface area (Å²) in [6, 6.07) is -0.806. The number of phosphoric ester groups is 1. The van der Waals surface area contributed by atoms with Crippen LogP contribution in [0, 0.1) is 0 Å². The van der Waals surface area contributed by atoms with Gasteiger partial charge in [0.25, 0.3) is 7.82 Å². The van der Waals surface area contributed by atoms with Crippen LogP contribution in [0.5, 0.6) is 0 Å². The van der Waals surface area contributed by atoms with Crippen molar-refractivity contribution in [3.05, 3.63) is 48.6 Å². The van der Waals surface area contributed by atoms with E-state index in [2.05, 4.69) is 67.8 Å². The summed E-state index contributed by atoms with van der Waals surface area (Å²) in [5, 5.41) is 14.1. The zero-order chi connectivity index (χ0) is 54.2. The Morgan fingerprint density at radius 1 is 0.486 bits per heavy atom. The van der Waals surface area contributed by atoms with Gasteiger partial charge >= 0.3 is 0 Å². The predicted octanol–water partition coefficient (Wildman–Crippen LogP) is 19.2. The van der Waals surface area contributed by atoms with Gasteiger partial charge in [-0.05, 0) is 51.4 Å². The highest BCUT2D eigenvalue weighted by Gasteiger charge is 2.24. The maximum atomic E-state index is 13.0. The Labute approximate surface area is 460 Å². The molecule has 0 aromatic heterocycles. The Kier molecular flexibility index (Phi) is 55.0. The van der Waals surface area contributed by atoms with Crippen molar-refractivity contribution in [1.82, 2.24) is 5.32 Å². The van der Waals surface area contributed by atoms with Crippen LogP contribution in [0.2, 0.25) is 0 Å². The van der Waals surface area contributed by atoms with Crippen molar-refractivity contribution < 1.29 is 32.9 Å². The number of carbonyl (C=O) groups is 1. The van der Waals surface area contributed by atoms with Gasteiger partial charge in [0, 0.05) is 6.42 Å². The van der Waals surface area contributed by atoms with Crippen molar-refractivity contribution in [2.24, 2.45) is 0 Å². The van der Waals surface area contributed by atoms with Crippen molar-refractivity contribution in [2.45, 2.75) is 321 Å². The lowest BCUT2D eigenvalue weighted by molar-refractivity contribution is -0.870. The van der Waals surface area contributed by atoms with Crippen molar-refractivity contribution in [3.63, 3.8) is 0 Å². The minimum absolute atomic E-state index is 0.0107. The van der Waals surface area contributed by atoms with Gasteiger partial charge in [-0.3, -0.25) is 9.36 Å². The number of nitrogens with zero attached hydrogens (tertiary/aromatic N) is 1. The molecule has 0 rings (SSSR count). The van der Waals surface area contributed by atoms with E-state index >= 15 is 0 Å². The maximum absolute atomic E-state index is 13.0. The average molecular weight is 1060 g/mol. The number of unbranched alkanes of at least 4 members (excludes halogenated alkanes) is 38. The first-order valence-corrected chi connectivity index (χ1v) is 33.4. The molecule has 0 fully saturated rings. The number of quaternary nitrogens is 1. The van der Waals surface area contributed by atoms with E-state index in [9.17, 15) is 19.4 Å². The summed E-state index contributed by atoms with van der Waals surface area (Å²) in [6.45, 7) is 4.65. The molecule has 0 saturated heterocycles. The van der Waals surface area contributed by atoms with Crippen LogP contribution in [0.15, 0.2) is 48.6 Å². The minimum Gasteiger partial charge on any atom is -0.756 e. The molecule has 2 N–H and O–H groups in total. The van der Waals surface area contributed by atoms with Crippen LogP contribution in [-0.4, -0.2) is 68.5 Å². The molecule has 0 heterocycles. The molecule has 0 radical (unpaired) electrons. The third-order valence-corrected chi connectivity index (χ3v) is 15.5. The van der Waals surface area contributed by atoms with E-state index in [1.165, 1.54) is 218 Å². The first-order chi connectivity index (χ1) is 36.0. The quantitative estimate of drug-likeness (QED) is 0.0272. The lowest BCUT2D eigenvalue weighted by atomic mass is 10.0. The molecule has 74 heavy (non-hydrogen) atoms. The first-order valence-electron chi connectivity index (χ1n) is 32.0. The SMILES string of the molecule is CC/C=C\C/C=C\C/C=C\C/C=C\CCCCCCCCCCCCC(=O)NC(COP(=O)([O-])OCC[N+](C)(C)C)C(O)CCCCCCCCCCCCCCCCCCCCCCCCCCCCCCC. The predicted molar refractivity (Wildman–Crippen MR) is 321 cm³/mol. The van der Waals surface area contributed by atoms with Crippen LogP contribution in [0.25, 0.3) is 0 Å². The second-order valence-corrected chi connectivity index (χ2v) is 24.5. The third kappa shape index (κ3) is 58.1. The number of aliphatic hydroxyl groups excluding tert-OH is 1. The van der Waals surface area contributed by atoms with Crippen LogP contribution in [-0.2, 0) is 18.4 Å². The summed E-state index contributed by atoms with van der Waals surface area (Å²) in [7, 11) is 1.31.